The van der Waals surface area contributed by atoms with Crippen molar-refractivity contribution in [2.45, 2.75) is 6.36 Å². The summed E-state index contributed by atoms with van der Waals surface area (Å²) in [6.45, 7) is 0. The first-order valence-electron chi connectivity index (χ1n) is 3.26. The summed E-state index contributed by atoms with van der Waals surface area (Å²) in [5.74, 6) is -0.613. The molecule has 1 aromatic heterocycles. The zero-order valence-corrected chi connectivity index (χ0v) is 8.19. The zero-order valence-electron chi connectivity index (χ0n) is 6.60. The van der Waals surface area contributed by atoms with Gasteiger partial charge in [0.2, 0.25) is 0 Å². The van der Waals surface area contributed by atoms with Crippen LogP contribution in [0.5, 0.6) is 5.75 Å². The van der Waals surface area contributed by atoms with Gasteiger partial charge in [-0.25, -0.2) is 4.98 Å². The normalized spacial score (nSPS) is 11.4. The Hall–Kier alpha value is -1.18. The number of nitrogens with zero attached hydrogens (tertiary/aromatic N) is 1. The van der Waals surface area contributed by atoms with Crippen molar-refractivity contribution in [3.05, 3.63) is 10.8 Å². The van der Waals surface area contributed by atoms with Crippen LogP contribution in [-0.2, 0) is 0 Å². The van der Waals surface area contributed by atoms with Gasteiger partial charge in [0.05, 0.1) is 11.9 Å². The molecule has 0 saturated carbocycles. The number of hydrogen-bond acceptors (Lipinski definition) is 4. The maximum absolute atomic E-state index is 11.8. The third-order valence-corrected chi connectivity index (χ3v) is 1.93. The van der Waals surface area contributed by atoms with E-state index in [2.05, 4.69) is 25.7 Å². The lowest BCUT2D eigenvalue weighted by atomic mass is 10.3. The van der Waals surface area contributed by atoms with Gasteiger partial charge in [-0.3, -0.25) is 0 Å². The Balaban J connectivity index is 3.06. The van der Waals surface area contributed by atoms with Crippen LogP contribution in [0.2, 0.25) is 0 Å². The van der Waals surface area contributed by atoms with Crippen LogP contribution in [-0.4, -0.2) is 11.3 Å². The quantitative estimate of drug-likeness (QED) is 0.766. The topological polar surface area (TPSA) is 74.2 Å². The number of aromatic nitrogens is 1. The van der Waals surface area contributed by atoms with Gasteiger partial charge in [0, 0.05) is 0 Å². The fourth-order valence-corrected chi connectivity index (χ4v) is 1.02. The fraction of sp³-hybridized carbons (Fsp3) is 0.167. The molecule has 0 atom stereocenters. The number of halogens is 4. The minimum absolute atomic E-state index is 0.0910. The molecule has 0 aliphatic heterocycles. The van der Waals surface area contributed by atoms with Crippen LogP contribution >= 0.6 is 15.9 Å². The molecule has 0 aromatic carbocycles. The van der Waals surface area contributed by atoms with E-state index in [1.165, 1.54) is 0 Å². The first kappa shape index (κ1) is 10.9. The van der Waals surface area contributed by atoms with Gasteiger partial charge in [0.15, 0.2) is 5.75 Å². The lowest BCUT2D eigenvalue weighted by molar-refractivity contribution is -0.274. The lowest BCUT2D eigenvalue weighted by Crippen LogP contribution is -2.18. The van der Waals surface area contributed by atoms with E-state index in [4.69, 9.17) is 11.5 Å². The summed E-state index contributed by atoms with van der Waals surface area (Å²) in [5.41, 5.74) is 10.2. The molecule has 0 bridgehead atoms. The number of alkyl halides is 3. The van der Waals surface area contributed by atoms with Crippen LogP contribution in [0.15, 0.2) is 10.8 Å². The SMILES string of the molecule is Nc1c(OC(F)(F)F)cnc(Br)c1N. The molecule has 14 heavy (non-hydrogen) atoms. The van der Waals surface area contributed by atoms with E-state index in [-0.39, 0.29) is 16.0 Å². The number of ether oxygens (including phenoxy) is 1. The first-order chi connectivity index (χ1) is 6.31. The predicted molar refractivity (Wildman–Crippen MR) is 47.4 cm³/mol. The Labute approximate surface area is 85.2 Å². The van der Waals surface area contributed by atoms with Crippen molar-refractivity contribution < 1.29 is 17.9 Å². The molecule has 4 N–H and O–H groups in total. The van der Waals surface area contributed by atoms with E-state index in [0.717, 1.165) is 6.20 Å². The van der Waals surface area contributed by atoms with E-state index in [1.807, 2.05) is 0 Å². The van der Waals surface area contributed by atoms with Gasteiger partial charge in [0.25, 0.3) is 0 Å². The third kappa shape index (κ3) is 2.41. The third-order valence-electron chi connectivity index (χ3n) is 1.30. The number of anilines is 2. The summed E-state index contributed by atoms with van der Waals surface area (Å²) >= 11 is 2.91. The van der Waals surface area contributed by atoms with Crippen LogP contribution < -0.4 is 16.2 Å². The molecule has 1 aromatic rings. The van der Waals surface area contributed by atoms with E-state index in [0.29, 0.717) is 0 Å². The highest BCUT2D eigenvalue weighted by atomic mass is 79.9. The molecule has 4 nitrogen and oxygen atoms in total. The average Bonchev–Trinajstić information content (AvgIpc) is 2.04. The van der Waals surface area contributed by atoms with Crippen LogP contribution in [0.3, 0.4) is 0 Å². The second kappa shape index (κ2) is 3.52. The van der Waals surface area contributed by atoms with E-state index in [9.17, 15) is 13.2 Å². The molecule has 78 valence electrons. The molecule has 0 radical (unpaired) electrons. The van der Waals surface area contributed by atoms with E-state index in [1.54, 1.807) is 0 Å². The molecule has 0 aliphatic carbocycles. The summed E-state index contributed by atoms with van der Waals surface area (Å²) < 4.78 is 39.1. The smallest absolute Gasteiger partial charge is 0.402 e. The van der Waals surface area contributed by atoms with Gasteiger partial charge in [-0.05, 0) is 15.9 Å². The Kier molecular flexibility index (Phi) is 2.74. The Morgan fingerprint density at radius 3 is 2.36 bits per heavy atom. The molecular formula is C6H5BrF3N3O. The Morgan fingerprint density at radius 2 is 1.86 bits per heavy atom. The maximum atomic E-state index is 11.8. The molecule has 0 amide bonds. The van der Waals surface area contributed by atoms with Crippen molar-refractivity contribution in [2.24, 2.45) is 0 Å². The standard InChI is InChI=1S/C6H5BrF3N3O/c7-5-4(12)3(11)2(1-13-5)14-6(8,9)10/h1H,12H2,(H2,11,13). The van der Waals surface area contributed by atoms with Crippen molar-refractivity contribution in [3.63, 3.8) is 0 Å². The van der Waals surface area contributed by atoms with Crippen molar-refractivity contribution in [3.8, 4) is 5.75 Å². The summed E-state index contributed by atoms with van der Waals surface area (Å²) in [4.78, 5) is 3.51. The Morgan fingerprint density at radius 1 is 1.29 bits per heavy atom. The van der Waals surface area contributed by atoms with Crippen LogP contribution in [0.1, 0.15) is 0 Å². The second-order valence-corrected chi connectivity index (χ2v) is 3.04. The van der Waals surface area contributed by atoms with Crippen molar-refractivity contribution >= 4 is 27.3 Å². The number of pyridine rings is 1. The summed E-state index contributed by atoms with van der Waals surface area (Å²) in [6.07, 6.45) is -3.97. The predicted octanol–water partition coefficient (Wildman–Crippen LogP) is 1.91. The Bertz CT molecular complexity index is 355. The van der Waals surface area contributed by atoms with Gasteiger partial charge < -0.3 is 16.2 Å². The fourth-order valence-electron chi connectivity index (χ4n) is 0.704. The molecule has 0 fully saturated rings. The minimum atomic E-state index is -4.81. The van der Waals surface area contributed by atoms with Crippen LogP contribution in [0, 0.1) is 0 Å². The van der Waals surface area contributed by atoms with Crippen molar-refractivity contribution in [2.75, 3.05) is 11.5 Å². The van der Waals surface area contributed by atoms with E-state index >= 15 is 0 Å². The highest BCUT2D eigenvalue weighted by Gasteiger charge is 2.32. The van der Waals surface area contributed by atoms with Gasteiger partial charge in [-0.1, -0.05) is 0 Å². The van der Waals surface area contributed by atoms with Crippen molar-refractivity contribution in [1.29, 1.82) is 0 Å². The highest BCUT2D eigenvalue weighted by Crippen LogP contribution is 2.34. The molecule has 0 saturated heterocycles. The van der Waals surface area contributed by atoms with Crippen LogP contribution in [0.25, 0.3) is 0 Å². The van der Waals surface area contributed by atoms with Gasteiger partial charge in [0.1, 0.15) is 10.3 Å². The van der Waals surface area contributed by atoms with Gasteiger partial charge in [-0.2, -0.15) is 0 Å². The summed E-state index contributed by atoms with van der Waals surface area (Å²) in [6, 6.07) is 0. The molecular weight excluding hydrogens is 267 g/mol. The molecule has 1 heterocycles. The van der Waals surface area contributed by atoms with E-state index < -0.39 is 12.1 Å². The van der Waals surface area contributed by atoms with Crippen LogP contribution in [0.4, 0.5) is 24.5 Å². The molecule has 1 rings (SSSR count). The monoisotopic (exact) mass is 271 g/mol. The number of rotatable bonds is 1. The molecule has 0 unspecified atom stereocenters. The highest BCUT2D eigenvalue weighted by molar-refractivity contribution is 9.10. The van der Waals surface area contributed by atoms with Crippen molar-refractivity contribution in [1.82, 2.24) is 4.98 Å². The molecule has 0 spiro atoms. The van der Waals surface area contributed by atoms with Gasteiger partial charge in [-0.15, -0.1) is 13.2 Å². The first-order valence-corrected chi connectivity index (χ1v) is 4.06. The zero-order chi connectivity index (χ0) is 10.9. The number of nitrogens with two attached hydrogens (primary N) is 2. The molecule has 8 heteroatoms. The largest absolute Gasteiger partial charge is 0.573 e. The van der Waals surface area contributed by atoms with Gasteiger partial charge >= 0.3 is 6.36 Å². The second-order valence-electron chi connectivity index (χ2n) is 2.29. The summed E-state index contributed by atoms with van der Waals surface area (Å²) in [7, 11) is 0. The lowest BCUT2D eigenvalue weighted by Gasteiger charge is -2.12. The maximum Gasteiger partial charge on any atom is 0.573 e. The summed E-state index contributed by atoms with van der Waals surface area (Å²) in [5, 5.41) is 0. The average molecular weight is 272 g/mol. The minimum Gasteiger partial charge on any atom is -0.402 e. The number of nitrogen functional groups attached to an aromatic ring is 2. The molecule has 0 aliphatic rings. The number of hydrogen-bond donors (Lipinski definition) is 2.